The Bertz CT molecular complexity index is 1240. The van der Waals surface area contributed by atoms with Crippen LogP contribution >= 0.6 is 0 Å². The van der Waals surface area contributed by atoms with Crippen LogP contribution in [0, 0.1) is 19.3 Å². The third-order valence-electron chi connectivity index (χ3n) is 6.72. The number of nitrogens with one attached hydrogen (secondary N) is 1. The Morgan fingerprint density at radius 2 is 2.03 bits per heavy atom. The summed E-state index contributed by atoms with van der Waals surface area (Å²) in [6.07, 6.45) is 2.97. The van der Waals surface area contributed by atoms with Gasteiger partial charge in [-0.2, -0.15) is 10.1 Å². The van der Waals surface area contributed by atoms with Crippen molar-refractivity contribution in [3.8, 4) is 23.0 Å². The minimum atomic E-state index is -1.19. The number of carbonyl (C=O) groups excluding carboxylic acids is 1. The van der Waals surface area contributed by atoms with Crippen LogP contribution in [0.25, 0.3) is 23.0 Å². The highest BCUT2D eigenvalue weighted by Gasteiger charge is 2.32. The molecule has 0 bridgehead atoms. The Morgan fingerprint density at radius 3 is 2.69 bits per heavy atom. The Balaban J connectivity index is 1.53. The average Bonchev–Trinajstić information content (AvgIpc) is 3.39. The molecule has 2 N–H and O–H groups in total. The molecule has 186 valence electrons. The molecule has 1 aliphatic rings. The van der Waals surface area contributed by atoms with Crippen molar-refractivity contribution in [1.82, 2.24) is 30.4 Å². The molecule has 1 aliphatic carbocycles. The Hall–Kier alpha value is -3.53. The fraction of sp³-hybridized carbons (Fsp3) is 0.480. The summed E-state index contributed by atoms with van der Waals surface area (Å²) >= 11 is 0. The van der Waals surface area contributed by atoms with Crippen molar-refractivity contribution in [3.05, 3.63) is 40.1 Å². The molecule has 2 heterocycles. The summed E-state index contributed by atoms with van der Waals surface area (Å²) in [5.74, 6) is 0.943. The molecule has 1 amide bonds. The lowest BCUT2D eigenvalue weighted by atomic mass is 9.76. The number of aromatic nitrogens is 4. The molecule has 0 spiro atoms. The zero-order valence-electron chi connectivity index (χ0n) is 20.9. The van der Waals surface area contributed by atoms with Gasteiger partial charge >= 0.3 is 6.09 Å². The summed E-state index contributed by atoms with van der Waals surface area (Å²) in [6.45, 7) is 8.74. The first-order valence-corrected chi connectivity index (χ1v) is 11.8. The van der Waals surface area contributed by atoms with Gasteiger partial charge < -0.3 is 14.4 Å². The topological polar surface area (TPSA) is 126 Å². The van der Waals surface area contributed by atoms with Crippen molar-refractivity contribution >= 4 is 12.4 Å². The number of hydrogen-bond acceptors (Lipinski definition) is 7. The predicted octanol–water partition coefficient (Wildman–Crippen LogP) is 3.49. The first kappa shape index (κ1) is 24.6. The second kappa shape index (κ2) is 9.61. The van der Waals surface area contributed by atoms with E-state index in [-0.39, 0.29) is 12.0 Å². The van der Waals surface area contributed by atoms with Gasteiger partial charge in [-0.3, -0.25) is 4.68 Å². The molecule has 10 heteroatoms. The van der Waals surface area contributed by atoms with Gasteiger partial charge in [-0.25, -0.2) is 15.2 Å². The van der Waals surface area contributed by atoms with Gasteiger partial charge in [-0.15, -0.1) is 0 Å². The van der Waals surface area contributed by atoms with E-state index in [0.29, 0.717) is 31.0 Å². The number of benzene rings is 1. The molecule has 0 aliphatic heterocycles. The summed E-state index contributed by atoms with van der Waals surface area (Å²) in [5, 5.41) is 18.9. The molecule has 0 atom stereocenters. The maximum Gasteiger partial charge on any atom is 0.422 e. The predicted molar refractivity (Wildman–Crippen MR) is 130 cm³/mol. The lowest BCUT2D eigenvalue weighted by Gasteiger charge is -2.29. The molecule has 35 heavy (non-hydrogen) atoms. The maximum absolute atomic E-state index is 11.2. The monoisotopic (exact) mass is 480 g/mol. The van der Waals surface area contributed by atoms with Crippen molar-refractivity contribution in [2.75, 3.05) is 13.1 Å². The van der Waals surface area contributed by atoms with Crippen LogP contribution < -0.4 is 5.43 Å². The molecule has 1 aromatic carbocycles. The fourth-order valence-corrected chi connectivity index (χ4v) is 4.82. The van der Waals surface area contributed by atoms with Crippen LogP contribution in [0.15, 0.2) is 16.7 Å². The number of hydrazine groups is 1. The quantitative estimate of drug-likeness (QED) is 0.371. The molecule has 0 radical (unpaired) electrons. The van der Waals surface area contributed by atoms with Crippen LogP contribution in [0.4, 0.5) is 4.79 Å². The molecule has 4 rings (SSSR count). The van der Waals surface area contributed by atoms with E-state index >= 15 is 0 Å². The Morgan fingerprint density at radius 1 is 1.31 bits per heavy atom. The zero-order chi connectivity index (χ0) is 25.3. The van der Waals surface area contributed by atoms with Crippen molar-refractivity contribution < 1.29 is 19.2 Å². The van der Waals surface area contributed by atoms with E-state index in [0.717, 1.165) is 52.2 Å². The van der Waals surface area contributed by atoms with Crippen LogP contribution in [-0.4, -0.2) is 55.5 Å². The van der Waals surface area contributed by atoms with E-state index in [1.807, 2.05) is 37.7 Å². The first-order chi connectivity index (χ1) is 16.6. The van der Waals surface area contributed by atoms with Gasteiger partial charge in [0.25, 0.3) is 5.89 Å². The van der Waals surface area contributed by atoms with Crippen molar-refractivity contribution in [2.45, 2.75) is 53.4 Å². The Labute approximate surface area is 204 Å². The van der Waals surface area contributed by atoms with Gasteiger partial charge in [-0.1, -0.05) is 19.0 Å². The highest BCUT2D eigenvalue weighted by atomic mass is 16.5. The molecule has 2 aromatic heterocycles. The number of rotatable bonds is 8. The molecule has 0 saturated heterocycles. The first-order valence-electron chi connectivity index (χ1n) is 11.8. The summed E-state index contributed by atoms with van der Waals surface area (Å²) in [5.41, 5.74) is 10.3. The van der Waals surface area contributed by atoms with Crippen LogP contribution in [-0.2, 0) is 31.1 Å². The van der Waals surface area contributed by atoms with E-state index in [1.54, 1.807) is 0 Å². The lowest BCUT2D eigenvalue weighted by Crippen LogP contribution is -2.44. The molecule has 3 aromatic rings. The van der Waals surface area contributed by atoms with Gasteiger partial charge in [0, 0.05) is 30.4 Å². The minimum absolute atomic E-state index is 0.219. The second-order valence-corrected chi connectivity index (χ2v) is 9.97. The lowest BCUT2D eigenvalue weighted by molar-refractivity contribution is -0.109. The third kappa shape index (κ3) is 5.12. The number of fused-ring (bicyclic) bond motifs is 1. The number of carboxylic acid groups (broad SMARTS) is 1. The standard InChI is InChI=1S/C25H32N6O4/c1-15-12-17(13-16(2)18(15)7-9-26-31(10-11-32)24(33)34)22-27-23(35-29-22)21-19-6-8-25(3,4)14-20(19)30(5)28-21/h11-13,26H,6-10,14H2,1-5H3,(H,33,34). The van der Waals surface area contributed by atoms with Gasteiger partial charge in [0.2, 0.25) is 5.82 Å². The normalized spacial score (nSPS) is 14.5. The van der Waals surface area contributed by atoms with Gasteiger partial charge in [0.05, 0.1) is 6.54 Å². The van der Waals surface area contributed by atoms with E-state index in [9.17, 15) is 9.59 Å². The van der Waals surface area contributed by atoms with Crippen molar-refractivity contribution in [1.29, 1.82) is 0 Å². The van der Waals surface area contributed by atoms with Crippen LogP contribution in [0.5, 0.6) is 0 Å². The summed E-state index contributed by atoms with van der Waals surface area (Å²) in [6, 6.07) is 4.02. The maximum atomic E-state index is 11.2. The second-order valence-electron chi connectivity index (χ2n) is 9.97. The number of carbonyl (C=O) groups is 2. The molecule has 0 saturated carbocycles. The van der Waals surface area contributed by atoms with E-state index < -0.39 is 6.09 Å². The fourth-order valence-electron chi connectivity index (χ4n) is 4.82. The minimum Gasteiger partial charge on any atom is -0.464 e. The summed E-state index contributed by atoms with van der Waals surface area (Å²) in [4.78, 5) is 26.5. The van der Waals surface area contributed by atoms with Gasteiger partial charge in [0.1, 0.15) is 6.29 Å². The van der Waals surface area contributed by atoms with Crippen molar-refractivity contribution in [2.24, 2.45) is 12.5 Å². The van der Waals surface area contributed by atoms with E-state index in [4.69, 9.17) is 14.7 Å². The SMILES string of the molecule is Cc1cc(-c2noc(-c3nn(C)c4c3CCC(C)(C)C4)n2)cc(C)c1CCNN(CC=O)C(=O)O. The Kier molecular flexibility index (Phi) is 6.75. The highest BCUT2D eigenvalue weighted by molar-refractivity contribution is 5.68. The summed E-state index contributed by atoms with van der Waals surface area (Å²) in [7, 11) is 1.97. The van der Waals surface area contributed by atoms with E-state index in [2.05, 4.69) is 29.4 Å². The molecular weight excluding hydrogens is 448 g/mol. The van der Waals surface area contributed by atoms with Crippen molar-refractivity contribution in [3.63, 3.8) is 0 Å². The molecule has 10 nitrogen and oxygen atoms in total. The number of aldehydes is 1. The largest absolute Gasteiger partial charge is 0.464 e. The number of aryl methyl sites for hydroxylation is 3. The van der Waals surface area contributed by atoms with Crippen LogP contribution in [0.3, 0.4) is 0 Å². The number of nitrogens with zero attached hydrogens (tertiary/aromatic N) is 5. The third-order valence-corrected chi connectivity index (χ3v) is 6.72. The number of amides is 1. The van der Waals surface area contributed by atoms with Gasteiger partial charge in [-0.05, 0) is 73.8 Å². The van der Waals surface area contributed by atoms with Crippen LogP contribution in [0.2, 0.25) is 0 Å². The smallest absolute Gasteiger partial charge is 0.422 e. The highest BCUT2D eigenvalue weighted by Crippen LogP contribution is 2.38. The van der Waals surface area contributed by atoms with Gasteiger partial charge in [0.15, 0.2) is 5.69 Å². The zero-order valence-corrected chi connectivity index (χ0v) is 20.9. The molecule has 0 fully saturated rings. The average molecular weight is 481 g/mol. The molecule has 0 unspecified atom stereocenters. The van der Waals surface area contributed by atoms with Crippen LogP contribution in [0.1, 0.15) is 48.2 Å². The summed E-state index contributed by atoms with van der Waals surface area (Å²) < 4.78 is 7.58. The molecular formula is C25H32N6O4. The van der Waals surface area contributed by atoms with E-state index in [1.165, 1.54) is 11.3 Å². The number of hydrogen-bond donors (Lipinski definition) is 2.